The quantitative estimate of drug-likeness (QED) is 0.775. The number of nitrogens with one attached hydrogen (secondary N) is 1. The van der Waals surface area contributed by atoms with Crippen molar-refractivity contribution in [2.75, 3.05) is 0 Å². The summed E-state index contributed by atoms with van der Waals surface area (Å²) in [7, 11) is 0. The number of pyridine rings is 1. The van der Waals surface area contributed by atoms with Crippen LogP contribution in [-0.4, -0.2) is 10.9 Å². The average molecular weight is 322 g/mol. The summed E-state index contributed by atoms with van der Waals surface area (Å²) < 4.78 is 0. The summed E-state index contributed by atoms with van der Waals surface area (Å²) in [6, 6.07) is 11.9. The van der Waals surface area contributed by atoms with Crippen LogP contribution in [0.2, 0.25) is 0 Å². The second-order valence-corrected chi connectivity index (χ2v) is 6.40. The number of aryl methyl sites for hydroxylation is 2. The van der Waals surface area contributed by atoms with E-state index in [2.05, 4.69) is 21.7 Å². The van der Waals surface area contributed by atoms with E-state index in [4.69, 9.17) is 0 Å². The molecule has 0 aliphatic carbocycles. The maximum absolute atomic E-state index is 12.3. The number of nitrogens with zero attached hydrogens (tertiary/aromatic N) is 1. The predicted molar refractivity (Wildman–Crippen MR) is 94.6 cm³/mol. The summed E-state index contributed by atoms with van der Waals surface area (Å²) in [4.78, 5) is 16.7. The molecule has 23 heavy (non-hydrogen) atoms. The second kappa shape index (κ2) is 6.75. The van der Waals surface area contributed by atoms with Crippen LogP contribution in [0, 0.1) is 13.8 Å². The van der Waals surface area contributed by atoms with Gasteiger partial charge in [0.15, 0.2) is 0 Å². The van der Waals surface area contributed by atoms with Crippen LogP contribution in [0.3, 0.4) is 0 Å². The lowest BCUT2D eigenvalue weighted by Crippen LogP contribution is -2.23. The Bertz CT molecular complexity index is 805. The molecule has 116 valence electrons. The molecule has 0 atom stereocenters. The van der Waals surface area contributed by atoms with Crippen LogP contribution in [0.15, 0.2) is 53.4 Å². The summed E-state index contributed by atoms with van der Waals surface area (Å²) >= 11 is 1.65. The van der Waals surface area contributed by atoms with Crippen LogP contribution in [-0.2, 0) is 6.54 Å². The molecule has 1 aromatic carbocycles. The maximum Gasteiger partial charge on any atom is 0.251 e. The first-order chi connectivity index (χ1) is 11.1. The Morgan fingerprint density at radius 3 is 2.61 bits per heavy atom. The van der Waals surface area contributed by atoms with E-state index in [1.54, 1.807) is 17.5 Å². The van der Waals surface area contributed by atoms with Crippen molar-refractivity contribution in [1.29, 1.82) is 0 Å². The van der Waals surface area contributed by atoms with Gasteiger partial charge in [-0.05, 0) is 55.1 Å². The number of benzene rings is 1. The molecule has 0 saturated heterocycles. The van der Waals surface area contributed by atoms with E-state index in [9.17, 15) is 4.79 Å². The van der Waals surface area contributed by atoms with E-state index in [1.165, 1.54) is 0 Å². The number of rotatable bonds is 4. The second-order valence-electron chi connectivity index (χ2n) is 5.62. The Kier molecular flexibility index (Phi) is 4.53. The van der Waals surface area contributed by atoms with Crippen LogP contribution < -0.4 is 5.32 Å². The van der Waals surface area contributed by atoms with Gasteiger partial charge in [0, 0.05) is 29.2 Å². The van der Waals surface area contributed by atoms with Gasteiger partial charge in [0.05, 0.1) is 5.69 Å². The van der Waals surface area contributed by atoms with Crippen LogP contribution >= 0.6 is 11.3 Å². The van der Waals surface area contributed by atoms with Gasteiger partial charge < -0.3 is 5.32 Å². The van der Waals surface area contributed by atoms with E-state index >= 15 is 0 Å². The first kappa shape index (κ1) is 15.4. The lowest BCUT2D eigenvalue weighted by atomic mass is 10.1. The Hall–Kier alpha value is -2.46. The van der Waals surface area contributed by atoms with E-state index in [1.807, 2.05) is 49.6 Å². The average Bonchev–Trinajstić information content (AvgIpc) is 3.06. The highest BCUT2D eigenvalue weighted by molar-refractivity contribution is 7.08. The molecule has 0 aliphatic heterocycles. The Labute approximate surface area is 140 Å². The van der Waals surface area contributed by atoms with Gasteiger partial charge in [-0.3, -0.25) is 9.78 Å². The fourth-order valence-corrected chi connectivity index (χ4v) is 3.19. The molecule has 0 fully saturated rings. The zero-order chi connectivity index (χ0) is 16.2. The molecule has 1 N–H and O–H groups in total. The summed E-state index contributed by atoms with van der Waals surface area (Å²) in [6.07, 6.45) is 1.78. The lowest BCUT2D eigenvalue weighted by molar-refractivity contribution is 0.0950. The predicted octanol–water partition coefficient (Wildman–Crippen LogP) is 4.36. The van der Waals surface area contributed by atoms with E-state index in [0.29, 0.717) is 12.1 Å². The van der Waals surface area contributed by atoms with Gasteiger partial charge in [0.25, 0.3) is 5.91 Å². The zero-order valence-electron chi connectivity index (χ0n) is 13.2. The van der Waals surface area contributed by atoms with Gasteiger partial charge in [-0.15, -0.1) is 0 Å². The molecule has 0 spiro atoms. The minimum absolute atomic E-state index is 0.0503. The number of carbonyl (C=O) groups excluding carboxylic acids is 1. The molecule has 0 unspecified atom stereocenters. The summed E-state index contributed by atoms with van der Waals surface area (Å²) in [5.74, 6) is -0.0503. The molecular formula is C19H18N2OS. The highest BCUT2D eigenvalue weighted by Gasteiger charge is 2.07. The topological polar surface area (TPSA) is 42.0 Å². The third-order valence-corrected chi connectivity index (χ3v) is 4.26. The fraction of sp³-hybridized carbons (Fsp3) is 0.158. The molecule has 0 aliphatic rings. The Balaban J connectivity index is 1.71. The van der Waals surface area contributed by atoms with Crippen molar-refractivity contribution in [2.24, 2.45) is 0 Å². The van der Waals surface area contributed by atoms with Gasteiger partial charge in [0.1, 0.15) is 0 Å². The number of hydrogen-bond donors (Lipinski definition) is 1. The number of carbonyl (C=O) groups is 1. The van der Waals surface area contributed by atoms with Gasteiger partial charge in [-0.2, -0.15) is 11.3 Å². The number of hydrogen-bond acceptors (Lipinski definition) is 3. The molecule has 3 rings (SSSR count). The van der Waals surface area contributed by atoms with Crippen molar-refractivity contribution < 1.29 is 4.79 Å². The molecule has 2 heterocycles. The standard InChI is InChI=1S/C19H18N2OS/c1-13-7-14(2)9-17(8-13)19(22)21-11-15-3-5-20-18(10-15)16-4-6-23-12-16/h3-10,12H,11H2,1-2H3,(H,21,22). The lowest BCUT2D eigenvalue weighted by Gasteiger charge is -2.08. The van der Waals surface area contributed by atoms with Gasteiger partial charge in [-0.25, -0.2) is 0 Å². The van der Waals surface area contributed by atoms with Crippen LogP contribution in [0.5, 0.6) is 0 Å². The maximum atomic E-state index is 12.3. The Morgan fingerprint density at radius 2 is 1.91 bits per heavy atom. The first-order valence-corrected chi connectivity index (χ1v) is 8.40. The summed E-state index contributed by atoms with van der Waals surface area (Å²) in [6.45, 7) is 4.49. The number of amides is 1. The smallest absolute Gasteiger partial charge is 0.251 e. The molecule has 3 nitrogen and oxygen atoms in total. The van der Waals surface area contributed by atoms with Crippen LogP contribution in [0.4, 0.5) is 0 Å². The van der Waals surface area contributed by atoms with Gasteiger partial charge in [0.2, 0.25) is 0 Å². The van der Waals surface area contributed by atoms with Crippen molar-refractivity contribution in [2.45, 2.75) is 20.4 Å². The molecule has 0 radical (unpaired) electrons. The number of aromatic nitrogens is 1. The molecule has 4 heteroatoms. The largest absolute Gasteiger partial charge is 0.348 e. The summed E-state index contributed by atoms with van der Waals surface area (Å²) in [5.41, 5.74) is 5.98. The third kappa shape index (κ3) is 3.85. The first-order valence-electron chi connectivity index (χ1n) is 7.46. The molecule has 1 amide bonds. The van der Waals surface area contributed by atoms with Gasteiger partial charge >= 0.3 is 0 Å². The van der Waals surface area contributed by atoms with Crippen molar-refractivity contribution in [3.8, 4) is 11.3 Å². The van der Waals surface area contributed by atoms with Crippen molar-refractivity contribution in [3.05, 3.63) is 75.6 Å². The van der Waals surface area contributed by atoms with Crippen molar-refractivity contribution in [3.63, 3.8) is 0 Å². The van der Waals surface area contributed by atoms with E-state index in [0.717, 1.165) is 27.9 Å². The minimum Gasteiger partial charge on any atom is -0.348 e. The molecule has 3 aromatic rings. The summed E-state index contributed by atoms with van der Waals surface area (Å²) in [5, 5.41) is 7.08. The third-order valence-electron chi connectivity index (χ3n) is 3.58. The molecule has 2 aromatic heterocycles. The molecular weight excluding hydrogens is 304 g/mol. The normalized spacial score (nSPS) is 10.5. The SMILES string of the molecule is Cc1cc(C)cc(C(=O)NCc2ccnc(-c3ccsc3)c2)c1. The molecule has 0 saturated carbocycles. The highest BCUT2D eigenvalue weighted by Crippen LogP contribution is 2.20. The monoisotopic (exact) mass is 322 g/mol. The van der Waals surface area contributed by atoms with Crippen LogP contribution in [0.25, 0.3) is 11.3 Å². The molecule has 0 bridgehead atoms. The van der Waals surface area contributed by atoms with Crippen molar-refractivity contribution >= 4 is 17.2 Å². The minimum atomic E-state index is -0.0503. The number of thiophene rings is 1. The Morgan fingerprint density at radius 1 is 1.13 bits per heavy atom. The van der Waals surface area contributed by atoms with E-state index in [-0.39, 0.29) is 5.91 Å². The van der Waals surface area contributed by atoms with Crippen LogP contribution in [0.1, 0.15) is 27.0 Å². The highest BCUT2D eigenvalue weighted by atomic mass is 32.1. The van der Waals surface area contributed by atoms with Crippen molar-refractivity contribution in [1.82, 2.24) is 10.3 Å². The zero-order valence-corrected chi connectivity index (χ0v) is 14.0. The van der Waals surface area contributed by atoms with E-state index < -0.39 is 0 Å². The van der Waals surface area contributed by atoms with Gasteiger partial charge in [-0.1, -0.05) is 17.2 Å². The fourth-order valence-electron chi connectivity index (χ4n) is 2.54.